The Kier molecular flexibility index (Phi) is 12.4. The molecule has 4 aromatic carbocycles. The van der Waals surface area contributed by atoms with E-state index in [-0.39, 0.29) is 43.5 Å². The molecule has 49 heavy (non-hydrogen) atoms. The average Bonchev–Trinajstić information content (AvgIpc) is 3.52. The minimum absolute atomic E-state index is 0. The Morgan fingerprint density at radius 3 is 2.24 bits per heavy atom. The number of benzene rings is 4. The molecular weight excluding hydrogens is 799 g/mol. The van der Waals surface area contributed by atoms with Gasteiger partial charge in [-0.1, -0.05) is 117 Å². The molecule has 1 aliphatic rings. The van der Waals surface area contributed by atoms with E-state index >= 15 is 0 Å². The van der Waals surface area contributed by atoms with Gasteiger partial charge in [0.2, 0.25) is 0 Å². The van der Waals surface area contributed by atoms with Gasteiger partial charge < -0.3 is 5.11 Å². The van der Waals surface area contributed by atoms with E-state index < -0.39 is 0 Å². The number of aliphatic hydroxyl groups excluding tert-OH is 1. The second kappa shape index (κ2) is 16.7. The first-order valence-electron chi connectivity index (χ1n) is 17.4. The van der Waals surface area contributed by atoms with Crippen molar-refractivity contribution < 1.29 is 30.0 Å². The summed E-state index contributed by atoms with van der Waals surface area (Å²) in [5.41, 5.74) is 8.85. The molecule has 1 N–H and O–H groups in total. The number of aliphatic hydroxyl groups is 1. The zero-order valence-electron chi connectivity index (χ0n) is 28.8. The summed E-state index contributed by atoms with van der Waals surface area (Å²) in [6.07, 6.45) is 9.00. The van der Waals surface area contributed by atoms with Gasteiger partial charge in [-0.2, -0.15) is 0 Å². The molecule has 0 amide bonds. The molecule has 5 heteroatoms. The van der Waals surface area contributed by atoms with Crippen molar-refractivity contribution in [3.8, 4) is 32.8 Å². The van der Waals surface area contributed by atoms with Crippen molar-refractivity contribution in [2.75, 3.05) is 0 Å². The van der Waals surface area contributed by atoms with Crippen molar-refractivity contribution in [3.05, 3.63) is 126 Å². The minimum Gasteiger partial charge on any atom is -0.512 e. The molecule has 0 aliphatic heterocycles. The van der Waals surface area contributed by atoms with Crippen LogP contribution in [0.15, 0.2) is 109 Å². The Balaban J connectivity index is 0.000000252. The predicted octanol–water partition coefficient (Wildman–Crippen LogP) is 12.2. The number of nitrogens with zero attached hydrogens (tertiary/aromatic N) is 1. The first-order valence-corrected chi connectivity index (χ1v) is 18.2. The number of hydrogen-bond acceptors (Lipinski definition) is 4. The van der Waals surface area contributed by atoms with Gasteiger partial charge in [-0.05, 0) is 72.2 Å². The number of carbonyl (C=O) groups excluding carboxylic acids is 1. The van der Waals surface area contributed by atoms with E-state index in [9.17, 15) is 9.90 Å². The minimum atomic E-state index is 0. The van der Waals surface area contributed by atoms with Crippen molar-refractivity contribution in [2.24, 2.45) is 11.8 Å². The molecular formula is C44H44IrNO2S-. The van der Waals surface area contributed by atoms with Gasteiger partial charge in [0.15, 0.2) is 5.78 Å². The molecule has 2 aromatic heterocycles. The molecule has 2 heterocycles. The number of allylic oxidation sites excluding steroid dienone is 2. The van der Waals surface area contributed by atoms with Crippen molar-refractivity contribution in [1.29, 1.82) is 0 Å². The normalized spacial score (nSPS) is 12.3. The Morgan fingerprint density at radius 2 is 1.51 bits per heavy atom. The molecule has 0 bridgehead atoms. The van der Waals surface area contributed by atoms with Crippen LogP contribution < -0.4 is 0 Å². The zero-order chi connectivity index (χ0) is 33.6. The van der Waals surface area contributed by atoms with Crippen LogP contribution in [0.5, 0.6) is 0 Å². The number of thiophene rings is 1. The van der Waals surface area contributed by atoms with Crippen molar-refractivity contribution in [3.63, 3.8) is 0 Å². The summed E-state index contributed by atoms with van der Waals surface area (Å²) < 4.78 is 1.31. The maximum atomic E-state index is 11.7. The molecule has 1 radical (unpaired) electrons. The van der Waals surface area contributed by atoms with Gasteiger partial charge in [0.25, 0.3) is 0 Å². The molecule has 1 aliphatic carbocycles. The molecule has 0 saturated carbocycles. The number of aryl methyl sites for hydroxylation is 2. The second-order valence-electron chi connectivity index (χ2n) is 12.6. The van der Waals surface area contributed by atoms with Crippen LogP contribution in [-0.4, -0.2) is 15.9 Å². The number of pyridine rings is 1. The molecule has 6 aromatic rings. The first-order chi connectivity index (χ1) is 23.5. The Morgan fingerprint density at radius 1 is 0.837 bits per heavy atom. The summed E-state index contributed by atoms with van der Waals surface area (Å²) in [6.45, 7) is 8.07. The second-order valence-corrected chi connectivity index (χ2v) is 13.7. The first kappa shape index (κ1) is 36.4. The molecule has 0 spiro atoms. The summed E-state index contributed by atoms with van der Waals surface area (Å²) in [5, 5.41) is 13.4. The summed E-state index contributed by atoms with van der Waals surface area (Å²) in [6, 6.07) is 36.2. The van der Waals surface area contributed by atoms with E-state index in [0.717, 1.165) is 55.2 Å². The fraction of sp³-hybridized carbons (Fsp3) is 0.273. The molecule has 0 atom stereocenters. The van der Waals surface area contributed by atoms with Crippen LogP contribution in [0.25, 0.3) is 53.7 Å². The van der Waals surface area contributed by atoms with Gasteiger partial charge in [0.1, 0.15) is 0 Å². The fourth-order valence-corrected chi connectivity index (χ4v) is 8.29. The number of fused-ring (bicyclic) bond motifs is 6. The molecule has 253 valence electrons. The number of rotatable bonds is 9. The third-order valence-electron chi connectivity index (χ3n) is 9.80. The summed E-state index contributed by atoms with van der Waals surface area (Å²) >= 11 is 1.90. The van der Waals surface area contributed by atoms with Crippen molar-refractivity contribution >= 4 is 38.0 Å². The van der Waals surface area contributed by atoms with E-state index in [0.29, 0.717) is 0 Å². The van der Waals surface area contributed by atoms with Crippen LogP contribution >= 0.6 is 11.3 Å². The number of aromatic nitrogens is 1. The fourth-order valence-electron chi connectivity index (χ4n) is 6.98. The van der Waals surface area contributed by atoms with E-state index in [1.807, 2.05) is 45.2 Å². The van der Waals surface area contributed by atoms with Crippen LogP contribution in [0.3, 0.4) is 0 Å². The quantitative estimate of drug-likeness (QED) is 0.0896. The Hall–Kier alpha value is -3.89. The van der Waals surface area contributed by atoms with E-state index in [1.54, 1.807) is 0 Å². The summed E-state index contributed by atoms with van der Waals surface area (Å²) in [7, 11) is 0. The smallest absolute Gasteiger partial charge is 0.162 e. The monoisotopic (exact) mass is 843 g/mol. The molecule has 0 fully saturated rings. The van der Waals surface area contributed by atoms with Crippen LogP contribution in [0.4, 0.5) is 0 Å². The van der Waals surface area contributed by atoms with Crippen LogP contribution in [0.2, 0.25) is 0 Å². The third kappa shape index (κ3) is 7.65. The molecule has 0 unspecified atom stereocenters. The summed E-state index contributed by atoms with van der Waals surface area (Å²) in [5.74, 6) is 0.547. The van der Waals surface area contributed by atoms with Crippen LogP contribution in [-0.2, 0) is 37.7 Å². The van der Waals surface area contributed by atoms with Gasteiger partial charge in [-0.25, -0.2) is 0 Å². The largest absolute Gasteiger partial charge is 0.512 e. The SMILES string of the molecule is CCC(CC)C(=O)/C=C(\O)C(CC)CC.[Ir].[c-]1c(-c2nccc3sc4c(c23)CCc2ccccc2-4)cc(-c2ccccc2)c2ccccc12. The standard InChI is InChI=1S/C31H20NS.C13H24O2.Ir/c1-2-8-20(9-3-1)27-19-23(18-22-11-5-6-12-24(22)27)30-29-26-15-14-21-10-4-7-13-25(21)31(26)33-28(29)16-17-32-30;1-5-10(6-2)12(14)9-13(15)11(7-3)8-4;/h1-13,16-17,19H,14-15H2;9-11,14H,5-8H2,1-4H3;/q-1;;/b;12-9-;. The molecule has 7 rings (SSSR count). The van der Waals surface area contributed by atoms with Gasteiger partial charge in [0.05, 0.1) is 5.76 Å². The Bertz CT molecular complexity index is 2070. The summed E-state index contributed by atoms with van der Waals surface area (Å²) in [4.78, 5) is 18.1. The van der Waals surface area contributed by atoms with E-state index in [1.165, 1.54) is 54.2 Å². The van der Waals surface area contributed by atoms with E-state index in [4.69, 9.17) is 4.98 Å². The maximum absolute atomic E-state index is 11.7. The van der Waals surface area contributed by atoms with Gasteiger partial charge >= 0.3 is 0 Å². The van der Waals surface area contributed by atoms with E-state index in [2.05, 4.69) is 97.1 Å². The number of ketones is 1. The molecule has 0 saturated heterocycles. The third-order valence-corrected chi connectivity index (χ3v) is 11.0. The molecule has 3 nitrogen and oxygen atoms in total. The van der Waals surface area contributed by atoms with Gasteiger partial charge in [0, 0.05) is 59.5 Å². The number of hydrogen-bond donors (Lipinski definition) is 1. The van der Waals surface area contributed by atoms with Crippen molar-refractivity contribution in [1.82, 2.24) is 4.98 Å². The zero-order valence-corrected chi connectivity index (χ0v) is 32.0. The van der Waals surface area contributed by atoms with Crippen LogP contribution in [0, 0.1) is 17.9 Å². The predicted molar refractivity (Wildman–Crippen MR) is 204 cm³/mol. The van der Waals surface area contributed by atoms with Gasteiger partial charge in [-0.3, -0.25) is 9.78 Å². The topological polar surface area (TPSA) is 50.2 Å². The Labute approximate surface area is 308 Å². The van der Waals surface area contributed by atoms with Crippen molar-refractivity contribution in [2.45, 2.75) is 66.2 Å². The maximum Gasteiger partial charge on any atom is 0.162 e. The van der Waals surface area contributed by atoms with Gasteiger partial charge in [-0.15, -0.1) is 34.9 Å². The number of carbonyl (C=O) groups is 1. The average molecular weight is 843 g/mol. The van der Waals surface area contributed by atoms with Crippen LogP contribution in [0.1, 0.15) is 64.5 Å².